The second-order valence-corrected chi connectivity index (χ2v) is 9.93. The van der Waals surface area contributed by atoms with E-state index < -0.39 is 15.9 Å². The van der Waals surface area contributed by atoms with Crippen molar-refractivity contribution in [3.8, 4) is 0 Å². The number of hydrogen-bond acceptors (Lipinski definition) is 5. The molecular weight excluding hydrogens is 490 g/mol. The molecule has 35 heavy (non-hydrogen) atoms. The summed E-state index contributed by atoms with van der Waals surface area (Å²) in [5.74, 6) is -0.975. The summed E-state index contributed by atoms with van der Waals surface area (Å²) in [4.78, 5) is 25.2. The van der Waals surface area contributed by atoms with Crippen LogP contribution in [-0.4, -0.2) is 40.5 Å². The van der Waals surface area contributed by atoms with Gasteiger partial charge in [-0.3, -0.25) is 14.3 Å². The van der Waals surface area contributed by atoms with E-state index in [1.165, 1.54) is 25.3 Å². The van der Waals surface area contributed by atoms with Crippen molar-refractivity contribution in [1.82, 2.24) is 5.32 Å². The number of halogens is 1. The van der Waals surface area contributed by atoms with Crippen LogP contribution in [0.25, 0.3) is 0 Å². The van der Waals surface area contributed by atoms with Crippen LogP contribution >= 0.6 is 11.6 Å². The van der Waals surface area contributed by atoms with Gasteiger partial charge in [0.25, 0.3) is 21.8 Å². The van der Waals surface area contributed by atoms with Crippen molar-refractivity contribution in [3.05, 3.63) is 87.9 Å². The van der Waals surface area contributed by atoms with Crippen LogP contribution in [0.4, 0.5) is 11.4 Å². The summed E-state index contributed by atoms with van der Waals surface area (Å²) in [5.41, 5.74) is 2.78. The molecule has 0 saturated heterocycles. The van der Waals surface area contributed by atoms with E-state index in [4.69, 9.17) is 16.3 Å². The molecule has 3 aromatic rings. The highest BCUT2D eigenvalue weighted by molar-refractivity contribution is 7.92. The molecule has 0 radical (unpaired) electrons. The summed E-state index contributed by atoms with van der Waals surface area (Å²) in [7, 11) is -2.55. The number of anilines is 2. The van der Waals surface area contributed by atoms with Crippen LogP contribution in [0.1, 0.15) is 31.8 Å². The number of rotatable bonds is 9. The van der Waals surface area contributed by atoms with Gasteiger partial charge in [0, 0.05) is 24.9 Å². The van der Waals surface area contributed by atoms with Gasteiger partial charge in [-0.15, -0.1) is 0 Å². The zero-order chi connectivity index (χ0) is 25.6. The lowest BCUT2D eigenvalue weighted by Gasteiger charge is -2.14. The van der Waals surface area contributed by atoms with E-state index in [9.17, 15) is 18.0 Å². The lowest BCUT2D eigenvalue weighted by atomic mass is 10.1. The molecule has 10 heteroatoms. The van der Waals surface area contributed by atoms with E-state index in [-0.39, 0.29) is 32.6 Å². The van der Waals surface area contributed by atoms with Crippen molar-refractivity contribution in [2.45, 2.75) is 18.7 Å². The quantitative estimate of drug-likeness (QED) is 0.366. The number of sulfonamides is 1. The fraction of sp³-hybridized carbons (Fsp3) is 0.200. The standard InChI is InChI=1S/C25H26ClN3O5S/c1-16-12-17(2)14-19(13-16)29-35(32,33)23-15-18(8-9-21(23)26)24(30)28-22-7-5-4-6-20(22)25(31)27-10-11-34-3/h4-9,12-15,29H,10-11H2,1-3H3,(H,27,31)(H,28,30). The number of benzene rings is 3. The molecule has 0 aliphatic carbocycles. The van der Waals surface area contributed by atoms with Crippen LogP contribution in [0, 0.1) is 13.8 Å². The number of ether oxygens (including phenoxy) is 1. The lowest BCUT2D eigenvalue weighted by molar-refractivity contribution is 0.0938. The average molecular weight is 516 g/mol. The predicted molar refractivity (Wildman–Crippen MR) is 137 cm³/mol. The fourth-order valence-electron chi connectivity index (χ4n) is 3.44. The van der Waals surface area contributed by atoms with Gasteiger partial charge in [-0.25, -0.2) is 8.42 Å². The van der Waals surface area contributed by atoms with Crippen LogP contribution < -0.4 is 15.4 Å². The highest BCUT2D eigenvalue weighted by atomic mass is 35.5. The normalized spacial score (nSPS) is 11.1. The Morgan fingerprint density at radius 2 is 1.63 bits per heavy atom. The third-order valence-corrected chi connectivity index (χ3v) is 6.83. The van der Waals surface area contributed by atoms with Gasteiger partial charge in [-0.1, -0.05) is 29.8 Å². The number of carbonyl (C=O) groups is 2. The maximum absolute atomic E-state index is 13.1. The van der Waals surface area contributed by atoms with Gasteiger partial charge in [0.05, 0.1) is 22.9 Å². The number of methoxy groups -OCH3 is 1. The molecule has 0 unspecified atom stereocenters. The molecule has 0 aromatic heterocycles. The number of aryl methyl sites for hydroxylation is 2. The number of para-hydroxylation sites is 1. The minimum Gasteiger partial charge on any atom is -0.383 e. The van der Waals surface area contributed by atoms with Gasteiger partial charge in [0.15, 0.2) is 0 Å². The summed E-state index contributed by atoms with van der Waals surface area (Å²) in [6.45, 7) is 4.37. The number of hydrogen-bond donors (Lipinski definition) is 3. The minimum absolute atomic E-state index is 0.0312. The third kappa shape index (κ3) is 6.82. The van der Waals surface area contributed by atoms with E-state index in [0.717, 1.165) is 11.1 Å². The highest BCUT2D eigenvalue weighted by Gasteiger charge is 2.21. The van der Waals surface area contributed by atoms with Crippen LogP contribution in [0.15, 0.2) is 65.6 Å². The zero-order valence-electron chi connectivity index (χ0n) is 19.5. The molecule has 0 aliphatic heterocycles. The lowest BCUT2D eigenvalue weighted by Crippen LogP contribution is -2.28. The molecule has 0 bridgehead atoms. The Hall–Kier alpha value is -3.40. The van der Waals surface area contributed by atoms with Gasteiger partial charge in [-0.05, 0) is 67.4 Å². The van der Waals surface area contributed by atoms with Crippen LogP contribution in [0.5, 0.6) is 0 Å². The topological polar surface area (TPSA) is 114 Å². The van der Waals surface area contributed by atoms with Gasteiger partial charge in [0.2, 0.25) is 0 Å². The highest BCUT2D eigenvalue weighted by Crippen LogP contribution is 2.27. The van der Waals surface area contributed by atoms with Crippen molar-refractivity contribution >= 4 is 44.8 Å². The Kier molecular flexibility index (Phi) is 8.50. The summed E-state index contributed by atoms with van der Waals surface area (Å²) in [5, 5.41) is 5.34. The maximum atomic E-state index is 13.1. The van der Waals surface area contributed by atoms with Crippen molar-refractivity contribution in [1.29, 1.82) is 0 Å². The molecule has 8 nitrogen and oxygen atoms in total. The van der Waals surface area contributed by atoms with Crippen LogP contribution in [-0.2, 0) is 14.8 Å². The molecule has 0 saturated carbocycles. The first-order chi connectivity index (χ1) is 16.6. The molecule has 0 fully saturated rings. The Morgan fingerprint density at radius 3 is 2.31 bits per heavy atom. The second kappa shape index (κ2) is 11.4. The molecule has 184 valence electrons. The van der Waals surface area contributed by atoms with Gasteiger partial charge < -0.3 is 15.4 Å². The average Bonchev–Trinajstić information content (AvgIpc) is 2.78. The fourth-order valence-corrected chi connectivity index (χ4v) is 5.01. The Bertz CT molecular complexity index is 1340. The summed E-state index contributed by atoms with van der Waals surface area (Å²) < 4.78 is 33.6. The van der Waals surface area contributed by atoms with E-state index in [0.29, 0.717) is 18.8 Å². The molecular formula is C25H26ClN3O5S. The zero-order valence-corrected chi connectivity index (χ0v) is 21.1. The SMILES string of the molecule is COCCNC(=O)c1ccccc1NC(=O)c1ccc(Cl)c(S(=O)(=O)Nc2cc(C)cc(C)c2)c1. The Balaban J connectivity index is 1.85. The van der Waals surface area contributed by atoms with Crippen LogP contribution in [0.3, 0.4) is 0 Å². The molecule has 0 spiro atoms. The third-order valence-electron chi connectivity index (χ3n) is 4.97. The van der Waals surface area contributed by atoms with Crippen LogP contribution in [0.2, 0.25) is 5.02 Å². The maximum Gasteiger partial charge on any atom is 0.263 e. The van der Waals surface area contributed by atoms with E-state index >= 15 is 0 Å². The van der Waals surface area contributed by atoms with E-state index in [2.05, 4.69) is 15.4 Å². The molecule has 3 rings (SSSR count). The van der Waals surface area contributed by atoms with Crippen molar-refractivity contribution in [3.63, 3.8) is 0 Å². The summed E-state index contributed by atoms with van der Waals surface area (Å²) in [6.07, 6.45) is 0. The smallest absolute Gasteiger partial charge is 0.263 e. The monoisotopic (exact) mass is 515 g/mol. The molecule has 3 N–H and O–H groups in total. The first-order valence-electron chi connectivity index (χ1n) is 10.7. The largest absolute Gasteiger partial charge is 0.383 e. The second-order valence-electron chi connectivity index (χ2n) is 7.88. The number of nitrogens with one attached hydrogen (secondary N) is 3. The molecule has 0 aliphatic rings. The molecule has 2 amide bonds. The molecule has 0 heterocycles. The van der Waals surface area contributed by atoms with Gasteiger partial charge in [-0.2, -0.15) is 0 Å². The van der Waals surface area contributed by atoms with Crippen molar-refractivity contribution in [2.75, 3.05) is 30.3 Å². The van der Waals surface area contributed by atoms with E-state index in [1.54, 1.807) is 36.4 Å². The predicted octanol–water partition coefficient (Wildman–Crippen LogP) is 4.39. The van der Waals surface area contributed by atoms with Gasteiger partial charge >= 0.3 is 0 Å². The Labute approximate surface area is 209 Å². The summed E-state index contributed by atoms with van der Waals surface area (Å²) >= 11 is 6.19. The van der Waals surface area contributed by atoms with Crippen molar-refractivity contribution in [2.24, 2.45) is 0 Å². The number of amides is 2. The Morgan fingerprint density at radius 1 is 0.943 bits per heavy atom. The first-order valence-corrected chi connectivity index (χ1v) is 12.5. The molecule has 0 atom stereocenters. The first kappa shape index (κ1) is 26.2. The summed E-state index contributed by atoms with van der Waals surface area (Å²) in [6, 6.07) is 15.8. The number of carbonyl (C=O) groups excluding carboxylic acids is 2. The molecule has 3 aromatic carbocycles. The van der Waals surface area contributed by atoms with E-state index in [1.807, 2.05) is 19.9 Å². The van der Waals surface area contributed by atoms with Gasteiger partial charge in [0.1, 0.15) is 4.90 Å². The minimum atomic E-state index is -4.08. The van der Waals surface area contributed by atoms with Crippen molar-refractivity contribution < 1.29 is 22.7 Å².